The van der Waals surface area contributed by atoms with Crippen molar-refractivity contribution in [1.29, 1.82) is 0 Å². The van der Waals surface area contributed by atoms with Gasteiger partial charge >= 0.3 is 0 Å². The summed E-state index contributed by atoms with van der Waals surface area (Å²) >= 11 is 6.30. The summed E-state index contributed by atoms with van der Waals surface area (Å²) in [5.41, 5.74) is 7.26. The van der Waals surface area contributed by atoms with Gasteiger partial charge in [-0.15, -0.1) is 0 Å². The molecule has 18 heavy (non-hydrogen) atoms. The number of hydrogen-bond acceptors (Lipinski definition) is 3. The second kappa shape index (κ2) is 5.42. The highest BCUT2D eigenvalue weighted by molar-refractivity contribution is 6.32. The SMILES string of the molecule is COc1cccc(-c2nc(CCN)n(C)c2Cl)c1. The van der Waals surface area contributed by atoms with Crippen LogP contribution in [0.3, 0.4) is 0 Å². The van der Waals surface area contributed by atoms with Crippen LogP contribution in [0.1, 0.15) is 5.82 Å². The van der Waals surface area contributed by atoms with Crippen LogP contribution in [0.2, 0.25) is 5.15 Å². The van der Waals surface area contributed by atoms with E-state index in [4.69, 9.17) is 22.1 Å². The molecular formula is C13H16ClN3O. The average Bonchev–Trinajstić information content (AvgIpc) is 2.68. The Morgan fingerprint density at radius 1 is 1.44 bits per heavy atom. The Balaban J connectivity index is 2.46. The molecule has 1 aromatic carbocycles. The van der Waals surface area contributed by atoms with Gasteiger partial charge in [-0.1, -0.05) is 23.7 Å². The second-order valence-electron chi connectivity index (χ2n) is 4.00. The molecule has 0 spiro atoms. The standard InChI is InChI=1S/C13H16ClN3O/c1-17-11(6-7-15)16-12(13(17)14)9-4-3-5-10(8-9)18-2/h3-5,8H,6-7,15H2,1-2H3. The van der Waals surface area contributed by atoms with Crippen molar-refractivity contribution in [3.05, 3.63) is 35.2 Å². The van der Waals surface area contributed by atoms with E-state index in [0.717, 1.165) is 22.8 Å². The minimum atomic E-state index is 0.554. The lowest BCUT2D eigenvalue weighted by molar-refractivity contribution is 0.415. The van der Waals surface area contributed by atoms with E-state index in [2.05, 4.69) is 4.98 Å². The van der Waals surface area contributed by atoms with E-state index < -0.39 is 0 Å². The number of rotatable bonds is 4. The number of nitrogens with zero attached hydrogens (tertiary/aromatic N) is 2. The molecule has 0 fully saturated rings. The highest BCUT2D eigenvalue weighted by Crippen LogP contribution is 2.29. The van der Waals surface area contributed by atoms with Crippen LogP contribution >= 0.6 is 11.6 Å². The first-order chi connectivity index (χ1) is 8.67. The van der Waals surface area contributed by atoms with Gasteiger partial charge in [-0.05, 0) is 18.7 Å². The van der Waals surface area contributed by atoms with Crippen LogP contribution in [0.15, 0.2) is 24.3 Å². The van der Waals surface area contributed by atoms with Crippen LogP contribution < -0.4 is 10.5 Å². The van der Waals surface area contributed by atoms with Gasteiger partial charge in [0.25, 0.3) is 0 Å². The number of halogens is 1. The van der Waals surface area contributed by atoms with Crippen LogP contribution in [0, 0.1) is 0 Å². The fraction of sp³-hybridized carbons (Fsp3) is 0.308. The fourth-order valence-electron chi connectivity index (χ4n) is 1.83. The molecule has 2 aromatic rings. The number of nitrogens with two attached hydrogens (primary N) is 1. The normalized spacial score (nSPS) is 10.7. The lowest BCUT2D eigenvalue weighted by atomic mass is 10.1. The average molecular weight is 266 g/mol. The van der Waals surface area contributed by atoms with Crippen LogP contribution in [0.25, 0.3) is 11.3 Å². The summed E-state index contributed by atoms with van der Waals surface area (Å²) in [6.45, 7) is 0.554. The van der Waals surface area contributed by atoms with Gasteiger partial charge in [0.1, 0.15) is 22.4 Å². The van der Waals surface area contributed by atoms with E-state index in [9.17, 15) is 0 Å². The van der Waals surface area contributed by atoms with Crippen molar-refractivity contribution >= 4 is 11.6 Å². The Labute approximate surface area is 111 Å². The summed E-state index contributed by atoms with van der Waals surface area (Å²) in [6.07, 6.45) is 0.709. The Kier molecular flexibility index (Phi) is 3.89. The van der Waals surface area contributed by atoms with Gasteiger partial charge in [-0.2, -0.15) is 0 Å². The minimum Gasteiger partial charge on any atom is -0.497 e. The molecule has 1 heterocycles. The molecular weight excluding hydrogens is 250 g/mol. The minimum absolute atomic E-state index is 0.554. The number of ether oxygens (including phenoxy) is 1. The molecule has 0 bridgehead atoms. The number of aromatic nitrogens is 2. The second-order valence-corrected chi connectivity index (χ2v) is 4.36. The zero-order valence-corrected chi connectivity index (χ0v) is 11.2. The van der Waals surface area contributed by atoms with Gasteiger partial charge in [0.2, 0.25) is 0 Å². The smallest absolute Gasteiger partial charge is 0.136 e. The zero-order valence-electron chi connectivity index (χ0n) is 10.5. The molecule has 0 radical (unpaired) electrons. The highest BCUT2D eigenvalue weighted by Gasteiger charge is 2.14. The Hall–Kier alpha value is -1.52. The lowest BCUT2D eigenvalue weighted by Gasteiger charge is -2.02. The van der Waals surface area contributed by atoms with E-state index in [1.807, 2.05) is 35.9 Å². The first-order valence-corrected chi connectivity index (χ1v) is 6.10. The molecule has 2 rings (SSSR count). The molecule has 0 atom stereocenters. The van der Waals surface area contributed by atoms with Crippen molar-refractivity contribution in [2.24, 2.45) is 12.8 Å². The number of methoxy groups -OCH3 is 1. The molecule has 0 unspecified atom stereocenters. The molecule has 2 N–H and O–H groups in total. The van der Waals surface area contributed by atoms with E-state index in [-0.39, 0.29) is 0 Å². The molecule has 1 aromatic heterocycles. The summed E-state index contributed by atoms with van der Waals surface area (Å²) in [7, 11) is 3.53. The van der Waals surface area contributed by atoms with Crippen molar-refractivity contribution in [2.45, 2.75) is 6.42 Å². The molecule has 5 heteroatoms. The first-order valence-electron chi connectivity index (χ1n) is 5.73. The van der Waals surface area contributed by atoms with E-state index in [1.54, 1.807) is 7.11 Å². The zero-order chi connectivity index (χ0) is 13.1. The van der Waals surface area contributed by atoms with E-state index in [1.165, 1.54) is 0 Å². The van der Waals surface area contributed by atoms with Crippen molar-refractivity contribution in [3.63, 3.8) is 0 Å². The number of benzene rings is 1. The maximum atomic E-state index is 6.30. The monoisotopic (exact) mass is 265 g/mol. The van der Waals surface area contributed by atoms with Crippen LogP contribution in [-0.4, -0.2) is 23.2 Å². The third-order valence-electron chi connectivity index (χ3n) is 2.83. The molecule has 0 saturated carbocycles. The quantitative estimate of drug-likeness (QED) is 0.923. The maximum absolute atomic E-state index is 6.30. The van der Waals surface area contributed by atoms with Gasteiger partial charge in [-0.25, -0.2) is 4.98 Å². The summed E-state index contributed by atoms with van der Waals surface area (Å²) < 4.78 is 7.07. The lowest BCUT2D eigenvalue weighted by Crippen LogP contribution is -2.07. The van der Waals surface area contributed by atoms with Crippen LogP contribution in [0.4, 0.5) is 0 Å². The molecule has 0 aliphatic heterocycles. The van der Waals surface area contributed by atoms with Gasteiger partial charge in [-0.3, -0.25) is 0 Å². The number of hydrogen-bond donors (Lipinski definition) is 1. The van der Waals surface area contributed by atoms with Crippen molar-refractivity contribution in [1.82, 2.24) is 9.55 Å². The fourth-order valence-corrected chi connectivity index (χ4v) is 2.08. The van der Waals surface area contributed by atoms with E-state index >= 15 is 0 Å². The molecule has 0 aliphatic rings. The third kappa shape index (κ3) is 2.35. The highest BCUT2D eigenvalue weighted by atomic mass is 35.5. The Morgan fingerprint density at radius 2 is 2.22 bits per heavy atom. The van der Waals surface area contributed by atoms with Gasteiger partial charge in [0.15, 0.2) is 0 Å². The van der Waals surface area contributed by atoms with Crippen LogP contribution in [0.5, 0.6) is 5.75 Å². The maximum Gasteiger partial charge on any atom is 0.136 e. The predicted molar refractivity (Wildman–Crippen MR) is 73.0 cm³/mol. The van der Waals surface area contributed by atoms with Gasteiger partial charge in [0.05, 0.1) is 7.11 Å². The van der Waals surface area contributed by atoms with Crippen molar-refractivity contribution in [2.75, 3.05) is 13.7 Å². The van der Waals surface area contributed by atoms with E-state index in [0.29, 0.717) is 18.1 Å². The number of imidazole rings is 1. The molecule has 96 valence electrons. The van der Waals surface area contributed by atoms with Crippen LogP contribution in [-0.2, 0) is 13.5 Å². The third-order valence-corrected chi connectivity index (χ3v) is 3.26. The molecule has 0 aliphatic carbocycles. The molecule has 0 amide bonds. The Morgan fingerprint density at radius 3 is 2.89 bits per heavy atom. The predicted octanol–water partition coefficient (Wildman–Crippen LogP) is 2.25. The summed E-state index contributed by atoms with van der Waals surface area (Å²) in [4.78, 5) is 4.54. The van der Waals surface area contributed by atoms with Gasteiger partial charge in [0, 0.05) is 19.0 Å². The summed E-state index contributed by atoms with van der Waals surface area (Å²) in [5, 5.41) is 0.617. The van der Waals surface area contributed by atoms with Crippen molar-refractivity contribution in [3.8, 4) is 17.0 Å². The molecule has 4 nitrogen and oxygen atoms in total. The first kappa shape index (κ1) is 12.9. The summed E-state index contributed by atoms with van der Waals surface area (Å²) in [5.74, 6) is 1.68. The Bertz CT molecular complexity index is 551. The molecule has 0 saturated heterocycles. The van der Waals surface area contributed by atoms with Crippen molar-refractivity contribution < 1.29 is 4.74 Å². The topological polar surface area (TPSA) is 53.1 Å². The largest absolute Gasteiger partial charge is 0.497 e. The van der Waals surface area contributed by atoms with Gasteiger partial charge < -0.3 is 15.0 Å². The summed E-state index contributed by atoms with van der Waals surface area (Å²) in [6, 6.07) is 7.69.